The van der Waals surface area contributed by atoms with E-state index in [9.17, 15) is 4.79 Å². The molecule has 0 aromatic carbocycles. The number of furan rings is 1. The molecule has 2 atom stereocenters. The van der Waals surface area contributed by atoms with Crippen LogP contribution in [0.15, 0.2) is 16.5 Å². The first kappa shape index (κ1) is 10.2. The maximum absolute atomic E-state index is 11.2. The highest BCUT2D eigenvalue weighted by atomic mass is 16.5. The molecule has 4 nitrogen and oxygen atoms in total. The number of nitrogens with one attached hydrogen (secondary N) is 1. The normalized spacial score (nSPS) is 22.8. The third kappa shape index (κ3) is 2.21. The number of ether oxygens (including phenoxy) is 1. The van der Waals surface area contributed by atoms with Gasteiger partial charge in [0.15, 0.2) is 0 Å². The number of hydrogen-bond acceptors (Lipinski definition) is 4. The van der Waals surface area contributed by atoms with Gasteiger partial charge in [-0.3, -0.25) is 10.1 Å². The average molecular weight is 209 g/mol. The minimum Gasteiger partial charge on any atom is -0.465 e. The van der Waals surface area contributed by atoms with Gasteiger partial charge in [0, 0.05) is 6.42 Å². The largest absolute Gasteiger partial charge is 0.465 e. The number of cyclic esters (lactones) is 1. The first-order valence-corrected chi connectivity index (χ1v) is 5.16. The van der Waals surface area contributed by atoms with Crippen LogP contribution in [-0.4, -0.2) is 18.6 Å². The Morgan fingerprint density at radius 1 is 1.53 bits per heavy atom. The van der Waals surface area contributed by atoms with Crippen LogP contribution in [0.25, 0.3) is 0 Å². The highest BCUT2D eigenvalue weighted by molar-refractivity contribution is 5.77. The van der Waals surface area contributed by atoms with Crippen LogP contribution in [0.2, 0.25) is 0 Å². The van der Waals surface area contributed by atoms with Gasteiger partial charge in [-0.05, 0) is 26.0 Å². The summed E-state index contributed by atoms with van der Waals surface area (Å²) < 4.78 is 10.4. The van der Waals surface area contributed by atoms with Gasteiger partial charge >= 0.3 is 5.97 Å². The van der Waals surface area contributed by atoms with Crippen molar-refractivity contribution in [2.75, 3.05) is 6.61 Å². The number of esters is 1. The van der Waals surface area contributed by atoms with Crippen molar-refractivity contribution in [3.63, 3.8) is 0 Å². The quantitative estimate of drug-likeness (QED) is 0.767. The molecule has 0 bridgehead atoms. The Balaban J connectivity index is 1.97. The van der Waals surface area contributed by atoms with E-state index < -0.39 is 0 Å². The van der Waals surface area contributed by atoms with Gasteiger partial charge in [-0.1, -0.05) is 0 Å². The molecule has 82 valence electrons. The van der Waals surface area contributed by atoms with Crippen LogP contribution in [0.5, 0.6) is 0 Å². The topological polar surface area (TPSA) is 51.5 Å². The standard InChI is InChI=1S/C11H15NO3/c1-7-3-4-10(15-7)8(2)12-9-5-6-14-11(9)13/h3-4,8-9,12H,5-6H2,1-2H3. The Hall–Kier alpha value is -1.29. The van der Waals surface area contributed by atoms with Gasteiger partial charge in [0.05, 0.1) is 12.6 Å². The van der Waals surface area contributed by atoms with E-state index in [4.69, 9.17) is 9.15 Å². The van der Waals surface area contributed by atoms with Gasteiger partial charge in [-0.2, -0.15) is 0 Å². The van der Waals surface area contributed by atoms with Crippen molar-refractivity contribution in [1.29, 1.82) is 0 Å². The van der Waals surface area contributed by atoms with Crippen molar-refractivity contribution in [3.05, 3.63) is 23.7 Å². The van der Waals surface area contributed by atoms with Crippen molar-refractivity contribution in [2.24, 2.45) is 0 Å². The Labute approximate surface area is 88.6 Å². The van der Waals surface area contributed by atoms with E-state index in [1.54, 1.807) is 0 Å². The van der Waals surface area contributed by atoms with E-state index in [0.29, 0.717) is 6.61 Å². The molecule has 1 aromatic heterocycles. The monoisotopic (exact) mass is 209 g/mol. The molecule has 1 N–H and O–H groups in total. The van der Waals surface area contributed by atoms with Gasteiger partial charge in [0.1, 0.15) is 17.6 Å². The minimum atomic E-state index is -0.189. The molecule has 1 saturated heterocycles. The molecule has 15 heavy (non-hydrogen) atoms. The minimum absolute atomic E-state index is 0.0364. The number of carbonyl (C=O) groups excluding carboxylic acids is 1. The summed E-state index contributed by atoms with van der Waals surface area (Å²) in [5.41, 5.74) is 0. The number of carbonyl (C=O) groups is 1. The second kappa shape index (κ2) is 4.06. The molecule has 0 spiro atoms. The van der Waals surface area contributed by atoms with Crippen LogP contribution in [0.1, 0.15) is 30.9 Å². The molecule has 2 unspecified atom stereocenters. The fourth-order valence-corrected chi connectivity index (χ4v) is 1.72. The van der Waals surface area contributed by atoms with E-state index in [1.807, 2.05) is 26.0 Å². The summed E-state index contributed by atoms with van der Waals surface area (Å²) in [4.78, 5) is 11.2. The van der Waals surface area contributed by atoms with Gasteiger partial charge in [-0.25, -0.2) is 0 Å². The molecular formula is C11H15NO3. The van der Waals surface area contributed by atoms with Crippen LogP contribution in [0.4, 0.5) is 0 Å². The SMILES string of the molecule is Cc1ccc(C(C)NC2CCOC2=O)o1. The van der Waals surface area contributed by atoms with Crippen LogP contribution in [0.3, 0.4) is 0 Å². The number of rotatable bonds is 3. The maximum Gasteiger partial charge on any atom is 0.323 e. The zero-order chi connectivity index (χ0) is 10.8. The zero-order valence-corrected chi connectivity index (χ0v) is 8.95. The van der Waals surface area contributed by atoms with E-state index in [0.717, 1.165) is 17.9 Å². The lowest BCUT2D eigenvalue weighted by Crippen LogP contribution is -2.34. The zero-order valence-electron chi connectivity index (χ0n) is 8.95. The Bertz CT molecular complexity index is 358. The molecule has 0 radical (unpaired) electrons. The van der Waals surface area contributed by atoms with E-state index in [1.165, 1.54) is 0 Å². The van der Waals surface area contributed by atoms with E-state index >= 15 is 0 Å². The lowest BCUT2D eigenvalue weighted by atomic mass is 10.2. The Morgan fingerprint density at radius 2 is 2.33 bits per heavy atom. The third-order valence-electron chi connectivity index (χ3n) is 2.57. The number of hydrogen-bond donors (Lipinski definition) is 1. The second-order valence-corrected chi connectivity index (χ2v) is 3.85. The maximum atomic E-state index is 11.2. The van der Waals surface area contributed by atoms with Crippen LogP contribution in [-0.2, 0) is 9.53 Å². The molecule has 4 heteroatoms. The van der Waals surface area contributed by atoms with Gasteiger partial charge in [0.2, 0.25) is 0 Å². The van der Waals surface area contributed by atoms with Crippen molar-refractivity contribution >= 4 is 5.97 Å². The molecule has 2 heterocycles. The predicted molar refractivity (Wildman–Crippen MR) is 54.4 cm³/mol. The van der Waals surface area contributed by atoms with E-state index in [-0.39, 0.29) is 18.1 Å². The molecule has 1 aliphatic heterocycles. The summed E-state index contributed by atoms with van der Waals surface area (Å²) in [7, 11) is 0. The molecular weight excluding hydrogens is 194 g/mol. The summed E-state index contributed by atoms with van der Waals surface area (Å²) in [6, 6.07) is 3.69. The Kier molecular flexibility index (Phi) is 2.77. The first-order chi connectivity index (χ1) is 7.16. The summed E-state index contributed by atoms with van der Waals surface area (Å²) >= 11 is 0. The fourth-order valence-electron chi connectivity index (χ4n) is 1.72. The number of aryl methyl sites for hydroxylation is 1. The van der Waals surface area contributed by atoms with Gasteiger partial charge in [0.25, 0.3) is 0 Å². The van der Waals surface area contributed by atoms with Crippen LogP contribution in [0, 0.1) is 6.92 Å². The average Bonchev–Trinajstić information content (AvgIpc) is 2.77. The Morgan fingerprint density at radius 3 is 2.87 bits per heavy atom. The highest BCUT2D eigenvalue weighted by Gasteiger charge is 2.28. The van der Waals surface area contributed by atoms with Crippen LogP contribution >= 0.6 is 0 Å². The first-order valence-electron chi connectivity index (χ1n) is 5.16. The van der Waals surface area contributed by atoms with Crippen molar-refractivity contribution in [1.82, 2.24) is 5.32 Å². The lowest BCUT2D eigenvalue weighted by Gasteiger charge is -2.14. The fraction of sp³-hybridized carbons (Fsp3) is 0.545. The van der Waals surface area contributed by atoms with Crippen molar-refractivity contribution in [3.8, 4) is 0 Å². The predicted octanol–water partition coefficient (Wildman–Crippen LogP) is 1.55. The van der Waals surface area contributed by atoms with Crippen molar-refractivity contribution in [2.45, 2.75) is 32.4 Å². The molecule has 2 rings (SSSR count). The van der Waals surface area contributed by atoms with Gasteiger partial charge in [-0.15, -0.1) is 0 Å². The lowest BCUT2D eigenvalue weighted by molar-refractivity contribution is -0.139. The molecule has 0 saturated carbocycles. The second-order valence-electron chi connectivity index (χ2n) is 3.85. The molecule has 1 aliphatic rings. The third-order valence-corrected chi connectivity index (χ3v) is 2.57. The molecule has 1 fully saturated rings. The van der Waals surface area contributed by atoms with Gasteiger partial charge < -0.3 is 9.15 Å². The summed E-state index contributed by atoms with van der Waals surface area (Å²) in [6.45, 7) is 4.39. The summed E-state index contributed by atoms with van der Waals surface area (Å²) in [5.74, 6) is 1.57. The molecule has 0 amide bonds. The van der Waals surface area contributed by atoms with Crippen molar-refractivity contribution < 1.29 is 13.9 Å². The molecule has 1 aromatic rings. The summed E-state index contributed by atoms with van der Waals surface area (Å²) in [5, 5.41) is 3.19. The smallest absolute Gasteiger partial charge is 0.323 e. The molecule has 0 aliphatic carbocycles. The van der Waals surface area contributed by atoms with E-state index in [2.05, 4.69) is 5.32 Å². The highest BCUT2D eigenvalue weighted by Crippen LogP contribution is 2.18. The summed E-state index contributed by atoms with van der Waals surface area (Å²) in [6.07, 6.45) is 0.739. The van der Waals surface area contributed by atoms with Crippen LogP contribution < -0.4 is 5.32 Å².